The van der Waals surface area contributed by atoms with Crippen molar-refractivity contribution in [1.82, 2.24) is 10.6 Å². The van der Waals surface area contributed by atoms with Crippen LogP contribution in [-0.2, 0) is 14.4 Å². The molecule has 1 aromatic carbocycles. The van der Waals surface area contributed by atoms with Crippen LogP contribution in [0.5, 0.6) is 0 Å². The molecule has 2 N–H and O–H groups in total. The van der Waals surface area contributed by atoms with Gasteiger partial charge in [-0.3, -0.25) is 19.7 Å². The number of imide groups is 1. The van der Waals surface area contributed by atoms with Crippen molar-refractivity contribution in [2.45, 2.75) is 18.9 Å². The average Bonchev–Trinajstić information content (AvgIpc) is 2.41. The Labute approximate surface area is 131 Å². The number of benzene rings is 1. The highest BCUT2D eigenvalue weighted by atomic mass is 35.5. The maximum Gasteiger partial charge on any atom is 0.249 e. The number of carbonyl (C=O) groups is 3. The molecule has 5 nitrogen and oxygen atoms in total. The van der Waals surface area contributed by atoms with E-state index in [-0.39, 0.29) is 12.3 Å². The summed E-state index contributed by atoms with van der Waals surface area (Å²) in [5, 5.41) is 5.63. The van der Waals surface area contributed by atoms with Crippen molar-refractivity contribution in [3.63, 3.8) is 0 Å². The minimum absolute atomic E-state index is 0.212. The Morgan fingerprint density at radius 2 is 2.10 bits per heavy atom. The van der Waals surface area contributed by atoms with Gasteiger partial charge in [-0.15, -0.1) is 0 Å². The highest BCUT2D eigenvalue weighted by molar-refractivity contribution is 6.35. The summed E-state index contributed by atoms with van der Waals surface area (Å²) in [5.41, 5.74) is 0.638. The highest BCUT2D eigenvalue weighted by Gasteiger charge is 2.27. The van der Waals surface area contributed by atoms with Gasteiger partial charge in [0.25, 0.3) is 0 Å². The molecule has 7 heteroatoms. The van der Waals surface area contributed by atoms with Gasteiger partial charge in [0.05, 0.1) is 0 Å². The SMILES string of the molecule is O=C(C=Cc1ccc(Cl)cc1Cl)NC1CCC(=O)NC1=O. The Morgan fingerprint density at radius 1 is 1.33 bits per heavy atom. The van der Waals surface area contributed by atoms with Crippen molar-refractivity contribution in [1.29, 1.82) is 0 Å². The van der Waals surface area contributed by atoms with Gasteiger partial charge in [-0.2, -0.15) is 0 Å². The fourth-order valence-corrected chi connectivity index (χ4v) is 2.32. The molecule has 0 aromatic heterocycles. The summed E-state index contributed by atoms with van der Waals surface area (Å²) < 4.78 is 0. The molecule has 1 fully saturated rings. The first-order chi connectivity index (χ1) is 9.95. The molecular weight excluding hydrogens is 315 g/mol. The lowest BCUT2D eigenvalue weighted by molar-refractivity contribution is -0.136. The zero-order chi connectivity index (χ0) is 15.4. The molecule has 1 aliphatic heterocycles. The van der Waals surface area contributed by atoms with E-state index in [0.29, 0.717) is 22.0 Å². The molecule has 2 rings (SSSR count). The fraction of sp³-hybridized carbons (Fsp3) is 0.214. The zero-order valence-electron chi connectivity index (χ0n) is 10.9. The lowest BCUT2D eigenvalue weighted by atomic mass is 10.1. The van der Waals surface area contributed by atoms with E-state index in [4.69, 9.17) is 23.2 Å². The van der Waals surface area contributed by atoms with Gasteiger partial charge in [-0.05, 0) is 30.2 Å². The van der Waals surface area contributed by atoms with E-state index in [1.54, 1.807) is 18.2 Å². The van der Waals surface area contributed by atoms with E-state index in [9.17, 15) is 14.4 Å². The number of hydrogen-bond donors (Lipinski definition) is 2. The third kappa shape index (κ3) is 4.31. The van der Waals surface area contributed by atoms with Crippen LogP contribution in [0.3, 0.4) is 0 Å². The topological polar surface area (TPSA) is 75.3 Å². The van der Waals surface area contributed by atoms with E-state index >= 15 is 0 Å². The number of rotatable bonds is 3. The zero-order valence-corrected chi connectivity index (χ0v) is 12.4. The van der Waals surface area contributed by atoms with Gasteiger partial charge in [0.15, 0.2) is 0 Å². The highest BCUT2D eigenvalue weighted by Crippen LogP contribution is 2.21. The van der Waals surface area contributed by atoms with Crippen LogP contribution >= 0.6 is 23.2 Å². The number of nitrogens with one attached hydrogen (secondary N) is 2. The van der Waals surface area contributed by atoms with Gasteiger partial charge in [0, 0.05) is 22.5 Å². The van der Waals surface area contributed by atoms with E-state index < -0.39 is 17.9 Å². The first-order valence-corrected chi connectivity index (χ1v) is 6.98. The Bertz CT molecular complexity index is 629. The first kappa shape index (κ1) is 15.5. The van der Waals surface area contributed by atoms with E-state index in [1.807, 2.05) is 0 Å². The number of halogens is 2. The predicted octanol–water partition coefficient (Wildman–Crippen LogP) is 1.93. The lowest BCUT2D eigenvalue weighted by Gasteiger charge is -2.20. The van der Waals surface area contributed by atoms with Crippen LogP contribution in [0.25, 0.3) is 6.08 Å². The Balaban J connectivity index is 1.96. The molecular formula is C14H12Cl2N2O3. The summed E-state index contributed by atoms with van der Waals surface area (Å²) >= 11 is 11.8. The second-order valence-electron chi connectivity index (χ2n) is 4.51. The van der Waals surface area contributed by atoms with Crippen molar-refractivity contribution < 1.29 is 14.4 Å². The van der Waals surface area contributed by atoms with Gasteiger partial charge in [0.1, 0.15) is 6.04 Å². The van der Waals surface area contributed by atoms with Crippen LogP contribution in [0.4, 0.5) is 0 Å². The summed E-state index contributed by atoms with van der Waals surface area (Å²) in [5.74, 6) is -1.25. The first-order valence-electron chi connectivity index (χ1n) is 6.23. The molecule has 1 atom stereocenters. The van der Waals surface area contributed by atoms with Crippen LogP contribution < -0.4 is 10.6 Å². The minimum Gasteiger partial charge on any atom is -0.341 e. The molecule has 21 heavy (non-hydrogen) atoms. The normalized spacial score (nSPS) is 18.7. The molecule has 0 radical (unpaired) electrons. The van der Waals surface area contributed by atoms with Crippen molar-refractivity contribution >= 4 is 47.0 Å². The van der Waals surface area contributed by atoms with Gasteiger partial charge in [0.2, 0.25) is 17.7 Å². The summed E-state index contributed by atoms with van der Waals surface area (Å²) in [4.78, 5) is 34.3. The van der Waals surface area contributed by atoms with Gasteiger partial charge >= 0.3 is 0 Å². The predicted molar refractivity (Wildman–Crippen MR) is 79.8 cm³/mol. The van der Waals surface area contributed by atoms with Crippen molar-refractivity contribution in [3.05, 3.63) is 39.9 Å². The summed E-state index contributed by atoms with van der Waals surface area (Å²) in [6.07, 6.45) is 3.31. The van der Waals surface area contributed by atoms with Gasteiger partial charge < -0.3 is 5.32 Å². The lowest BCUT2D eigenvalue weighted by Crippen LogP contribution is -2.51. The average molecular weight is 327 g/mol. The Morgan fingerprint density at radius 3 is 2.76 bits per heavy atom. The van der Waals surface area contributed by atoms with Gasteiger partial charge in [-0.1, -0.05) is 29.3 Å². The van der Waals surface area contributed by atoms with Crippen LogP contribution in [0.15, 0.2) is 24.3 Å². The summed E-state index contributed by atoms with van der Waals surface area (Å²) in [6, 6.07) is 4.22. The second-order valence-corrected chi connectivity index (χ2v) is 5.36. The van der Waals surface area contributed by atoms with Crippen LogP contribution in [0.1, 0.15) is 18.4 Å². The summed E-state index contributed by atoms with van der Waals surface area (Å²) in [7, 11) is 0. The van der Waals surface area contributed by atoms with Crippen molar-refractivity contribution in [3.8, 4) is 0 Å². The van der Waals surface area contributed by atoms with Crippen LogP contribution in [-0.4, -0.2) is 23.8 Å². The van der Waals surface area contributed by atoms with E-state index in [2.05, 4.69) is 10.6 Å². The third-order valence-electron chi connectivity index (χ3n) is 2.93. The van der Waals surface area contributed by atoms with Crippen LogP contribution in [0, 0.1) is 0 Å². The largest absolute Gasteiger partial charge is 0.341 e. The van der Waals surface area contributed by atoms with Crippen LogP contribution in [0.2, 0.25) is 10.0 Å². The summed E-state index contributed by atoms with van der Waals surface area (Å²) in [6.45, 7) is 0. The number of hydrogen-bond acceptors (Lipinski definition) is 3. The molecule has 1 heterocycles. The molecule has 1 aromatic rings. The second kappa shape index (κ2) is 6.74. The van der Waals surface area contributed by atoms with E-state index in [0.717, 1.165) is 0 Å². The smallest absolute Gasteiger partial charge is 0.249 e. The minimum atomic E-state index is -0.694. The molecule has 1 unspecified atom stereocenters. The standard InChI is InChI=1S/C14H12Cl2N2O3/c15-9-3-1-8(10(16)7-9)2-5-12(19)17-11-4-6-13(20)18-14(11)21/h1-3,5,7,11H,4,6H2,(H,17,19)(H,18,20,21). The monoisotopic (exact) mass is 326 g/mol. The van der Waals surface area contributed by atoms with Crippen molar-refractivity contribution in [2.24, 2.45) is 0 Å². The molecule has 0 saturated carbocycles. The number of piperidine rings is 1. The molecule has 0 bridgehead atoms. The fourth-order valence-electron chi connectivity index (χ4n) is 1.85. The maximum absolute atomic E-state index is 11.8. The third-order valence-corrected chi connectivity index (χ3v) is 3.49. The Kier molecular flexibility index (Phi) is 4.98. The van der Waals surface area contributed by atoms with Gasteiger partial charge in [-0.25, -0.2) is 0 Å². The molecule has 110 valence electrons. The molecule has 1 saturated heterocycles. The molecule has 1 aliphatic rings. The molecule has 0 spiro atoms. The quantitative estimate of drug-likeness (QED) is 0.658. The molecule has 3 amide bonds. The Hall–Kier alpha value is -1.85. The van der Waals surface area contributed by atoms with E-state index in [1.165, 1.54) is 12.2 Å². The van der Waals surface area contributed by atoms with Crippen molar-refractivity contribution in [2.75, 3.05) is 0 Å². The molecule has 0 aliphatic carbocycles. The maximum atomic E-state index is 11.8. The number of amides is 3. The number of carbonyl (C=O) groups excluding carboxylic acids is 3.